The van der Waals surface area contributed by atoms with Crippen LogP contribution in [0.5, 0.6) is 0 Å². The summed E-state index contributed by atoms with van der Waals surface area (Å²) in [6.07, 6.45) is 4.33. The van der Waals surface area contributed by atoms with Gasteiger partial charge in [-0.3, -0.25) is 15.6 Å². The first-order valence-electron chi connectivity index (χ1n) is 13.6. The summed E-state index contributed by atoms with van der Waals surface area (Å²) in [5, 5.41) is 6.13. The lowest BCUT2D eigenvalue weighted by Gasteiger charge is -2.22. The van der Waals surface area contributed by atoms with Crippen LogP contribution in [-0.4, -0.2) is 43.0 Å². The molecule has 0 saturated heterocycles. The minimum absolute atomic E-state index is 0.200. The van der Waals surface area contributed by atoms with E-state index in [0.29, 0.717) is 38.2 Å². The first kappa shape index (κ1) is 29.3. The maximum Gasteiger partial charge on any atom is 0.334 e. The molecule has 0 radical (unpaired) electrons. The van der Waals surface area contributed by atoms with Crippen LogP contribution in [0.3, 0.4) is 0 Å². The average molecular weight is 566 g/mol. The monoisotopic (exact) mass is 565 g/mol. The lowest BCUT2D eigenvalue weighted by molar-refractivity contribution is -0.139. The van der Waals surface area contributed by atoms with Gasteiger partial charge in [0, 0.05) is 32.4 Å². The molecule has 2 aromatic carbocycles. The second-order valence-corrected chi connectivity index (χ2v) is 9.75. The number of aryl methyl sites for hydroxylation is 2. The Balaban J connectivity index is 1.32. The highest BCUT2D eigenvalue weighted by molar-refractivity contribution is 6.33. The molecular formula is C30H36ClN5O4. The fourth-order valence-electron chi connectivity index (χ4n) is 4.78. The predicted octanol–water partition coefficient (Wildman–Crippen LogP) is 5.16. The van der Waals surface area contributed by atoms with E-state index in [0.717, 1.165) is 24.0 Å². The van der Waals surface area contributed by atoms with Crippen molar-refractivity contribution < 1.29 is 19.1 Å². The number of ether oxygens (including phenoxy) is 2. The molecule has 0 fully saturated rings. The molecule has 1 aliphatic carbocycles. The summed E-state index contributed by atoms with van der Waals surface area (Å²) >= 11 is 6.37. The van der Waals surface area contributed by atoms with Crippen molar-refractivity contribution >= 4 is 29.4 Å². The molecule has 1 heterocycles. The summed E-state index contributed by atoms with van der Waals surface area (Å²) < 4.78 is 11.0. The average Bonchev–Trinajstić information content (AvgIpc) is 3.12. The summed E-state index contributed by atoms with van der Waals surface area (Å²) in [5.74, 6) is -0.0620. The van der Waals surface area contributed by atoms with Crippen molar-refractivity contribution in [2.45, 2.75) is 51.9 Å². The molecule has 0 saturated carbocycles. The quantitative estimate of drug-likeness (QED) is 0.137. The lowest BCUT2D eigenvalue weighted by Crippen LogP contribution is -2.41. The molecule has 3 amide bonds. The molecule has 40 heavy (non-hydrogen) atoms. The van der Waals surface area contributed by atoms with Crippen molar-refractivity contribution in [2.24, 2.45) is 0 Å². The number of anilines is 1. The third-order valence-electron chi connectivity index (χ3n) is 6.68. The number of fused-ring (bicyclic) bond motifs is 2. The van der Waals surface area contributed by atoms with Crippen molar-refractivity contribution in [1.29, 1.82) is 0 Å². The SMILES string of the molecule is CCOC(CCCNC(=O)c1cnc(NNC(=O)NC2c3ccccc3CCc3ccccc32)c(Cl)c1)OCC. The van der Waals surface area contributed by atoms with E-state index < -0.39 is 6.03 Å². The number of carbonyl (C=O) groups excluding carboxylic acids is 2. The molecule has 0 aliphatic heterocycles. The van der Waals surface area contributed by atoms with E-state index in [-0.39, 0.29) is 29.1 Å². The van der Waals surface area contributed by atoms with Gasteiger partial charge in [-0.1, -0.05) is 60.1 Å². The number of amides is 3. The topological polar surface area (TPSA) is 114 Å². The molecule has 10 heteroatoms. The van der Waals surface area contributed by atoms with Gasteiger partial charge in [-0.25, -0.2) is 9.78 Å². The molecule has 9 nitrogen and oxygen atoms in total. The van der Waals surface area contributed by atoms with Crippen LogP contribution in [0, 0.1) is 0 Å². The van der Waals surface area contributed by atoms with Gasteiger partial charge in [0.15, 0.2) is 12.1 Å². The van der Waals surface area contributed by atoms with E-state index in [9.17, 15) is 9.59 Å². The zero-order chi connectivity index (χ0) is 28.3. The number of hydrogen-bond donors (Lipinski definition) is 4. The molecule has 212 valence electrons. The van der Waals surface area contributed by atoms with Crippen LogP contribution in [0.4, 0.5) is 10.6 Å². The number of aromatic nitrogens is 1. The number of pyridine rings is 1. The smallest absolute Gasteiger partial charge is 0.334 e. The Morgan fingerprint density at radius 1 is 1.00 bits per heavy atom. The Morgan fingerprint density at radius 3 is 2.23 bits per heavy atom. The summed E-state index contributed by atoms with van der Waals surface area (Å²) in [6, 6.07) is 17.1. The van der Waals surface area contributed by atoms with Crippen LogP contribution in [-0.2, 0) is 22.3 Å². The van der Waals surface area contributed by atoms with Gasteiger partial charge in [-0.15, -0.1) is 0 Å². The summed E-state index contributed by atoms with van der Waals surface area (Å²) in [5.41, 5.74) is 10.2. The van der Waals surface area contributed by atoms with E-state index in [1.807, 2.05) is 50.2 Å². The van der Waals surface area contributed by atoms with Crippen LogP contribution in [0.15, 0.2) is 60.8 Å². The van der Waals surface area contributed by atoms with Gasteiger partial charge in [-0.2, -0.15) is 0 Å². The third-order valence-corrected chi connectivity index (χ3v) is 6.96. The van der Waals surface area contributed by atoms with E-state index >= 15 is 0 Å². The number of benzene rings is 2. The van der Waals surface area contributed by atoms with Crippen molar-refractivity contribution in [1.82, 2.24) is 21.0 Å². The number of hydrazine groups is 1. The molecule has 4 rings (SSSR count). The Morgan fingerprint density at radius 2 is 1.62 bits per heavy atom. The normalized spacial score (nSPS) is 12.7. The molecule has 0 atom stereocenters. The number of halogens is 1. The maximum atomic E-state index is 12.9. The van der Waals surface area contributed by atoms with Crippen LogP contribution < -0.4 is 21.5 Å². The zero-order valence-corrected chi connectivity index (χ0v) is 23.6. The Kier molecular flexibility index (Phi) is 10.7. The van der Waals surface area contributed by atoms with Crippen LogP contribution in [0.25, 0.3) is 0 Å². The fourth-order valence-corrected chi connectivity index (χ4v) is 4.99. The number of carbonyl (C=O) groups is 2. The van der Waals surface area contributed by atoms with E-state index in [4.69, 9.17) is 21.1 Å². The van der Waals surface area contributed by atoms with Crippen molar-refractivity contribution in [3.8, 4) is 0 Å². The van der Waals surface area contributed by atoms with Crippen molar-refractivity contribution in [3.63, 3.8) is 0 Å². The minimum Gasteiger partial charge on any atom is -0.353 e. The minimum atomic E-state index is -0.436. The fraction of sp³-hybridized carbons (Fsp3) is 0.367. The number of rotatable bonds is 12. The summed E-state index contributed by atoms with van der Waals surface area (Å²) in [4.78, 5) is 29.7. The van der Waals surface area contributed by atoms with Crippen LogP contribution >= 0.6 is 11.6 Å². The molecule has 0 bridgehead atoms. The summed E-state index contributed by atoms with van der Waals surface area (Å²) in [7, 11) is 0. The second-order valence-electron chi connectivity index (χ2n) is 9.35. The Labute approximate surface area is 240 Å². The zero-order valence-electron chi connectivity index (χ0n) is 22.8. The number of urea groups is 1. The lowest BCUT2D eigenvalue weighted by atomic mass is 9.95. The molecular weight excluding hydrogens is 530 g/mol. The Bertz CT molecular complexity index is 1250. The van der Waals surface area contributed by atoms with Crippen molar-refractivity contribution in [3.05, 3.63) is 93.6 Å². The number of nitrogens with zero attached hydrogens (tertiary/aromatic N) is 1. The third kappa shape index (κ3) is 7.71. The van der Waals surface area contributed by atoms with Gasteiger partial charge in [-0.05, 0) is 61.4 Å². The second kappa shape index (κ2) is 14.6. The van der Waals surface area contributed by atoms with Gasteiger partial charge < -0.3 is 20.1 Å². The van der Waals surface area contributed by atoms with Gasteiger partial charge in [0.2, 0.25) is 0 Å². The van der Waals surface area contributed by atoms with Crippen LogP contribution in [0.2, 0.25) is 5.02 Å². The van der Waals surface area contributed by atoms with E-state index in [1.165, 1.54) is 23.4 Å². The molecule has 4 N–H and O–H groups in total. The first-order chi connectivity index (χ1) is 19.5. The summed E-state index contributed by atoms with van der Waals surface area (Å²) in [6.45, 7) is 5.44. The molecule has 3 aromatic rings. The number of hydrogen-bond acceptors (Lipinski definition) is 6. The first-order valence-corrected chi connectivity index (χ1v) is 14.0. The molecule has 1 aromatic heterocycles. The Hall–Kier alpha value is -3.66. The molecule has 0 unspecified atom stereocenters. The number of nitrogens with one attached hydrogen (secondary N) is 4. The molecule has 0 spiro atoms. The van der Waals surface area contributed by atoms with Gasteiger partial charge >= 0.3 is 6.03 Å². The maximum absolute atomic E-state index is 12.9. The van der Waals surface area contributed by atoms with Gasteiger partial charge in [0.1, 0.15) is 0 Å². The highest BCUT2D eigenvalue weighted by atomic mass is 35.5. The highest BCUT2D eigenvalue weighted by Crippen LogP contribution is 2.32. The van der Waals surface area contributed by atoms with E-state index in [1.54, 1.807) is 0 Å². The predicted molar refractivity (Wildman–Crippen MR) is 155 cm³/mol. The highest BCUT2D eigenvalue weighted by Gasteiger charge is 2.25. The molecule has 1 aliphatic rings. The van der Waals surface area contributed by atoms with Gasteiger partial charge in [0.05, 0.1) is 16.6 Å². The van der Waals surface area contributed by atoms with Gasteiger partial charge in [0.25, 0.3) is 5.91 Å². The van der Waals surface area contributed by atoms with Crippen molar-refractivity contribution in [2.75, 3.05) is 25.2 Å². The standard InChI is InChI=1S/C30H36ClN5O4/c1-3-39-26(40-4-2)14-9-17-32-29(37)22-18-25(31)28(33-19-22)35-36-30(38)34-27-23-12-7-5-10-20(23)15-16-21-11-6-8-13-24(21)27/h5-8,10-13,18-19,26-27H,3-4,9,14-17H2,1-2H3,(H,32,37)(H,33,35)(H2,34,36,38). The largest absolute Gasteiger partial charge is 0.353 e. The van der Waals surface area contributed by atoms with Crippen LogP contribution in [0.1, 0.15) is 65.3 Å². The van der Waals surface area contributed by atoms with E-state index in [2.05, 4.69) is 38.6 Å².